The van der Waals surface area contributed by atoms with Gasteiger partial charge in [-0.15, -0.1) is 0 Å². The summed E-state index contributed by atoms with van der Waals surface area (Å²) in [5.74, 6) is 0.0485. The van der Waals surface area contributed by atoms with E-state index in [2.05, 4.69) is 19.1 Å². The molecule has 0 saturated heterocycles. The second kappa shape index (κ2) is 8.40. The van der Waals surface area contributed by atoms with Gasteiger partial charge in [0.25, 0.3) is 5.91 Å². The van der Waals surface area contributed by atoms with E-state index in [4.69, 9.17) is 5.11 Å². The van der Waals surface area contributed by atoms with Crippen molar-refractivity contribution in [3.8, 4) is 0 Å². The minimum Gasteiger partial charge on any atom is -0.396 e. The molecule has 0 unspecified atom stereocenters. The summed E-state index contributed by atoms with van der Waals surface area (Å²) in [5.41, 5.74) is 5.18. The van der Waals surface area contributed by atoms with Gasteiger partial charge in [-0.2, -0.15) is 0 Å². The molecule has 4 heteroatoms. The zero-order valence-electron chi connectivity index (χ0n) is 16.4. The van der Waals surface area contributed by atoms with Crippen LogP contribution in [0.25, 0.3) is 10.9 Å². The Morgan fingerprint density at radius 2 is 1.78 bits per heavy atom. The molecule has 0 aliphatic carbocycles. The number of unbranched alkanes of at least 4 members (excludes halogenated alkanes) is 1. The number of hydrogen-bond donors (Lipinski definition) is 1. The van der Waals surface area contributed by atoms with E-state index in [1.165, 1.54) is 5.56 Å². The van der Waals surface area contributed by atoms with Crippen molar-refractivity contribution in [2.45, 2.75) is 33.2 Å². The third kappa shape index (κ3) is 3.91. The van der Waals surface area contributed by atoms with E-state index in [1.54, 1.807) is 0 Å². The number of aliphatic hydroxyl groups excluding tert-OH is 1. The van der Waals surface area contributed by atoms with Crippen LogP contribution in [-0.4, -0.2) is 33.6 Å². The quantitative estimate of drug-likeness (QED) is 0.638. The lowest BCUT2D eigenvalue weighted by molar-refractivity contribution is 0.0727. The molecule has 0 aliphatic rings. The summed E-state index contributed by atoms with van der Waals surface area (Å²) < 4.78 is 2.03. The van der Waals surface area contributed by atoms with E-state index in [-0.39, 0.29) is 12.5 Å². The number of aliphatic hydroxyl groups is 1. The maximum atomic E-state index is 13.5. The molecule has 0 bridgehead atoms. The largest absolute Gasteiger partial charge is 0.396 e. The number of para-hydroxylation sites is 1. The zero-order valence-corrected chi connectivity index (χ0v) is 16.4. The first-order valence-corrected chi connectivity index (χ1v) is 9.53. The number of aryl methyl sites for hydroxylation is 3. The second-order valence-corrected chi connectivity index (χ2v) is 7.15. The van der Waals surface area contributed by atoms with E-state index >= 15 is 0 Å². The van der Waals surface area contributed by atoms with Crippen LogP contribution in [0.1, 0.15) is 40.0 Å². The number of benzene rings is 2. The van der Waals surface area contributed by atoms with Gasteiger partial charge in [0, 0.05) is 32.1 Å². The van der Waals surface area contributed by atoms with Gasteiger partial charge in [0.2, 0.25) is 0 Å². The summed E-state index contributed by atoms with van der Waals surface area (Å²) in [5, 5.41) is 10.3. The van der Waals surface area contributed by atoms with Crippen molar-refractivity contribution in [1.82, 2.24) is 9.47 Å². The zero-order chi connectivity index (χ0) is 19.4. The molecule has 3 rings (SSSR count). The van der Waals surface area contributed by atoms with Gasteiger partial charge in [-0.1, -0.05) is 48.5 Å². The van der Waals surface area contributed by atoms with Crippen molar-refractivity contribution in [1.29, 1.82) is 0 Å². The molecule has 2 aromatic carbocycles. The molecule has 0 aliphatic heterocycles. The summed E-state index contributed by atoms with van der Waals surface area (Å²) in [6.07, 6.45) is 1.49. The Bertz CT molecular complexity index is 928. The molecule has 0 fully saturated rings. The maximum Gasteiger partial charge on any atom is 0.271 e. The number of hydrogen-bond acceptors (Lipinski definition) is 2. The SMILES string of the molecule is Cc1c(C(=O)N(CCCCO)Cc2ccccc2)n(C)c2c(C)cccc12. The van der Waals surface area contributed by atoms with Crippen LogP contribution in [0.2, 0.25) is 0 Å². The molecular formula is C23H28N2O2. The molecule has 4 nitrogen and oxygen atoms in total. The highest BCUT2D eigenvalue weighted by atomic mass is 16.3. The van der Waals surface area contributed by atoms with Crippen molar-refractivity contribution in [3.05, 3.63) is 70.9 Å². The van der Waals surface area contributed by atoms with Gasteiger partial charge in [-0.05, 0) is 43.4 Å². The van der Waals surface area contributed by atoms with Crippen LogP contribution in [0.3, 0.4) is 0 Å². The van der Waals surface area contributed by atoms with Gasteiger partial charge in [0.05, 0.1) is 5.52 Å². The van der Waals surface area contributed by atoms with Gasteiger partial charge in [-0.3, -0.25) is 4.79 Å². The first-order chi connectivity index (χ1) is 13.0. The fourth-order valence-electron chi connectivity index (χ4n) is 3.82. The fourth-order valence-corrected chi connectivity index (χ4v) is 3.82. The van der Waals surface area contributed by atoms with Crippen LogP contribution in [-0.2, 0) is 13.6 Å². The highest BCUT2D eigenvalue weighted by molar-refractivity contribution is 6.02. The molecule has 0 radical (unpaired) electrons. The number of carbonyl (C=O) groups excluding carboxylic acids is 1. The number of aromatic nitrogens is 1. The Morgan fingerprint density at radius 3 is 2.44 bits per heavy atom. The fraction of sp³-hybridized carbons (Fsp3) is 0.348. The topological polar surface area (TPSA) is 45.5 Å². The van der Waals surface area contributed by atoms with Crippen LogP contribution in [0.5, 0.6) is 0 Å². The van der Waals surface area contributed by atoms with Gasteiger partial charge in [0.1, 0.15) is 5.69 Å². The minimum absolute atomic E-state index is 0.0485. The van der Waals surface area contributed by atoms with Crippen LogP contribution < -0.4 is 0 Å². The van der Waals surface area contributed by atoms with Crippen molar-refractivity contribution in [3.63, 3.8) is 0 Å². The predicted molar refractivity (Wildman–Crippen MR) is 110 cm³/mol. The normalized spacial score (nSPS) is 11.1. The van der Waals surface area contributed by atoms with E-state index < -0.39 is 0 Å². The smallest absolute Gasteiger partial charge is 0.271 e. The van der Waals surface area contributed by atoms with Crippen molar-refractivity contribution < 1.29 is 9.90 Å². The van der Waals surface area contributed by atoms with E-state index in [9.17, 15) is 4.79 Å². The first-order valence-electron chi connectivity index (χ1n) is 9.53. The van der Waals surface area contributed by atoms with E-state index in [0.29, 0.717) is 19.5 Å². The van der Waals surface area contributed by atoms with Crippen molar-refractivity contribution >= 4 is 16.8 Å². The Morgan fingerprint density at radius 1 is 1.04 bits per heavy atom. The highest BCUT2D eigenvalue weighted by Crippen LogP contribution is 2.28. The number of rotatable bonds is 7. The molecule has 27 heavy (non-hydrogen) atoms. The lowest BCUT2D eigenvalue weighted by Gasteiger charge is -2.24. The summed E-state index contributed by atoms with van der Waals surface area (Å²) in [4.78, 5) is 15.4. The Labute approximate surface area is 161 Å². The number of fused-ring (bicyclic) bond motifs is 1. The molecule has 1 amide bonds. The summed E-state index contributed by atoms with van der Waals surface area (Å²) >= 11 is 0. The Balaban J connectivity index is 1.98. The average molecular weight is 364 g/mol. The predicted octanol–water partition coefficient (Wildman–Crippen LogP) is 4.21. The lowest BCUT2D eigenvalue weighted by Crippen LogP contribution is -2.33. The molecule has 0 saturated carbocycles. The third-order valence-corrected chi connectivity index (χ3v) is 5.21. The standard InChI is InChI=1S/C23H28N2O2/c1-17-10-9-13-20-18(2)22(24(3)21(17)20)23(27)25(14-7-8-15-26)16-19-11-5-4-6-12-19/h4-6,9-13,26H,7-8,14-16H2,1-3H3. The van der Waals surface area contributed by atoms with Gasteiger partial charge < -0.3 is 14.6 Å². The summed E-state index contributed by atoms with van der Waals surface area (Å²) in [7, 11) is 1.98. The number of amides is 1. The Hall–Kier alpha value is -2.59. The third-order valence-electron chi connectivity index (χ3n) is 5.21. The molecule has 0 atom stereocenters. The monoisotopic (exact) mass is 364 g/mol. The molecule has 1 N–H and O–H groups in total. The van der Waals surface area contributed by atoms with Crippen molar-refractivity contribution in [2.75, 3.05) is 13.2 Å². The van der Waals surface area contributed by atoms with Crippen LogP contribution >= 0.6 is 0 Å². The van der Waals surface area contributed by atoms with E-state index in [1.807, 2.05) is 59.8 Å². The molecule has 1 heterocycles. The van der Waals surface area contributed by atoms with Gasteiger partial charge >= 0.3 is 0 Å². The Kier molecular flexibility index (Phi) is 5.97. The van der Waals surface area contributed by atoms with E-state index in [0.717, 1.165) is 34.1 Å². The van der Waals surface area contributed by atoms with Gasteiger partial charge in [-0.25, -0.2) is 0 Å². The second-order valence-electron chi connectivity index (χ2n) is 7.15. The average Bonchev–Trinajstić information content (AvgIpc) is 2.93. The van der Waals surface area contributed by atoms with Gasteiger partial charge in [0.15, 0.2) is 0 Å². The van der Waals surface area contributed by atoms with Crippen LogP contribution in [0.4, 0.5) is 0 Å². The molecule has 0 spiro atoms. The lowest BCUT2D eigenvalue weighted by atomic mass is 10.1. The minimum atomic E-state index is 0.0485. The summed E-state index contributed by atoms with van der Waals surface area (Å²) in [6.45, 7) is 5.47. The summed E-state index contributed by atoms with van der Waals surface area (Å²) in [6, 6.07) is 16.3. The number of nitrogens with zero attached hydrogens (tertiary/aromatic N) is 2. The van der Waals surface area contributed by atoms with Crippen molar-refractivity contribution in [2.24, 2.45) is 7.05 Å². The molecular weight excluding hydrogens is 336 g/mol. The molecule has 1 aromatic heterocycles. The first kappa shape index (κ1) is 19.2. The highest BCUT2D eigenvalue weighted by Gasteiger charge is 2.24. The molecule has 3 aromatic rings. The van der Waals surface area contributed by atoms with Crippen LogP contribution in [0, 0.1) is 13.8 Å². The van der Waals surface area contributed by atoms with Crippen LogP contribution in [0.15, 0.2) is 48.5 Å². The maximum absolute atomic E-state index is 13.5. The molecule has 142 valence electrons. The number of carbonyl (C=O) groups is 1.